The van der Waals surface area contributed by atoms with Crippen LogP contribution < -0.4 is 11.5 Å². The van der Waals surface area contributed by atoms with E-state index < -0.39 is 0 Å². The monoisotopic (exact) mass is 307 g/mol. The van der Waals surface area contributed by atoms with Gasteiger partial charge in [0.2, 0.25) is 0 Å². The molecule has 0 radical (unpaired) electrons. The number of pyridine rings is 1. The van der Waals surface area contributed by atoms with Crippen molar-refractivity contribution in [1.82, 2.24) is 4.98 Å². The summed E-state index contributed by atoms with van der Waals surface area (Å²) in [4.78, 5) is 12.8. The van der Waals surface area contributed by atoms with Crippen molar-refractivity contribution in [2.45, 2.75) is 13.3 Å². The van der Waals surface area contributed by atoms with Gasteiger partial charge in [0, 0.05) is 31.4 Å². The topological polar surface area (TPSA) is 89.6 Å². The van der Waals surface area contributed by atoms with Gasteiger partial charge in [-0.25, -0.2) is 4.99 Å². The quantitative estimate of drug-likeness (QED) is 0.670. The lowest BCUT2D eigenvalue weighted by Gasteiger charge is -2.08. The van der Waals surface area contributed by atoms with Crippen LogP contribution in [0.4, 0.5) is 0 Å². The molecule has 2 rings (SSSR count). The molecular formula is C18H21N5. The first kappa shape index (κ1) is 16.4. The highest BCUT2D eigenvalue weighted by atomic mass is 15.0. The Labute approximate surface area is 136 Å². The van der Waals surface area contributed by atoms with Crippen LogP contribution >= 0.6 is 0 Å². The maximum atomic E-state index is 6.12. The smallest absolute Gasteiger partial charge is 0.175 e. The Hall–Kier alpha value is -2.95. The van der Waals surface area contributed by atoms with Crippen LogP contribution in [0.2, 0.25) is 0 Å². The van der Waals surface area contributed by atoms with E-state index in [0.717, 1.165) is 11.1 Å². The van der Waals surface area contributed by atoms with Crippen LogP contribution in [0.3, 0.4) is 0 Å². The molecule has 2 aromatic rings. The molecule has 5 nitrogen and oxygen atoms in total. The second kappa shape index (κ2) is 7.89. The largest absolute Gasteiger partial charge is 0.404 e. The van der Waals surface area contributed by atoms with Crippen LogP contribution in [-0.4, -0.2) is 23.7 Å². The molecule has 0 saturated carbocycles. The van der Waals surface area contributed by atoms with Crippen molar-refractivity contribution in [3.8, 4) is 0 Å². The van der Waals surface area contributed by atoms with Gasteiger partial charge in [-0.05, 0) is 24.6 Å². The van der Waals surface area contributed by atoms with Gasteiger partial charge >= 0.3 is 0 Å². The number of aliphatic imine (C=N–C) groups is 2. The fourth-order valence-corrected chi connectivity index (χ4v) is 2.18. The van der Waals surface area contributed by atoms with E-state index >= 15 is 0 Å². The summed E-state index contributed by atoms with van der Waals surface area (Å²) < 4.78 is 0. The van der Waals surface area contributed by atoms with Crippen molar-refractivity contribution in [3.63, 3.8) is 0 Å². The predicted molar refractivity (Wildman–Crippen MR) is 95.5 cm³/mol. The average molecular weight is 307 g/mol. The second-order valence-corrected chi connectivity index (χ2v) is 5.12. The lowest BCUT2D eigenvalue weighted by molar-refractivity contribution is 1.18. The zero-order chi connectivity index (χ0) is 16.7. The van der Waals surface area contributed by atoms with Gasteiger partial charge < -0.3 is 11.5 Å². The summed E-state index contributed by atoms with van der Waals surface area (Å²) in [5.41, 5.74) is 15.6. The van der Waals surface area contributed by atoms with Crippen molar-refractivity contribution in [2.75, 3.05) is 7.05 Å². The normalized spacial score (nSPS) is 13.2. The molecule has 1 aromatic heterocycles. The molecule has 0 unspecified atom stereocenters. The first-order valence-corrected chi connectivity index (χ1v) is 7.33. The van der Waals surface area contributed by atoms with E-state index in [-0.39, 0.29) is 0 Å². The molecule has 0 fully saturated rings. The molecule has 0 amide bonds. The van der Waals surface area contributed by atoms with Crippen LogP contribution in [0.25, 0.3) is 0 Å². The third-order valence-corrected chi connectivity index (χ3v) is 3.34. The number of amidine groups is 2. The molecule has 0 aliphatic heterocycles. The summed E-state index contributed by atoms with van der Waals surface area (Å²) in [7, 11) is 1.66. The fourth-order valence-electron chi connectivity index (χ4n) is 2.18. The number of nitrogens with zero attached hydrogens (tertiary/aromatic N) is 3. The highest BCUT2D eigenvalue weighted by Crippen LogP contribution is 2.10. The third kappa shape index (κ3) is 4.51. The lowest BCUT2D eigenvalue weighted by atomic mass is 10.0. The molecule has 1 aromatic carbocycles. The lowest BCUT2D eigenvalue weighted by Crippen LogP contribution is -2.20. The minimum absolute atomic E-state index is 0.347. The number of benzene rings is 1. The van der Waals surface area contributed by atoms with E-state index in [4.69, 9.17) is 11.5 Å². The van der Waals surface area contributed by atoms with Gasteiger partial charge in [-0.15, -0.1) is 0 Å². The van der Waals surface area contributed by atoms with Crippen LogP contribution in [0.5, 0.6) is 0 Å². The molecule has 0 spiro atoms. The molecule has 0 saturated heterocycles. The van der Waals surface area contributed by atoms with Crippen molar-refractivity contribution >= 4 is 11.7 Å². The highest BCUT2D eigenvalue weighted by Gasteiger charge is 2.08. The predicted octanol–water partition coefficient (Wildman–Crippen LogP) is 2.21. The zero-order valence-electron chi connectivity index (χ0n) is 13.4. The van der Waals surface area contributed by atoms with Gasteiger partial charge in [0.05, 0.1) is 0 Å². The maximum absolute atomic E-state index is 6.12. The van der Waals surface area contributed by atoms with Gasteiger partial charge in [0.25, 0.3) is 0 Å². The summed E-state index contributed by atoms with van der Waals surface area (Å²) in [5, 5.41) is 0. The Kier molecular flexibility index (Phi) is 5.63. The number of rotatable bonds is 4. The molecular weight excluding hydrogens is 286 g/mol. The van der Waals surface area contributed by atoms with Crippen LogP contribution in [0.15, 0.2) is 70.4 Å². The molecule has 0 bridgehead atoms. The Morgan fingerprint density at radius 3 is 2.65 bits per heavy atom. The third-order valence-electron chi connectivity index (χ3n) is 3.34. The molecule has 0 aliphatic carbocycles. The number of aryl methyl sites for hydroxylation is 1. The summed E-state index contributed by atoms with van der Waals surface area (Å²) in [6.45, 7) is 2.05. The zero-order valence-corrected chi connectivity index (χ0v) is 13.4. The van der Waals surface area contributed by atoms with Crippen molar-refractivity contribution in [1.29, 1.82) is 0 Å². The Bertz CT molecular complexity index is 745. The summed E-state index contributed by atoms with van der Waals surface area (Å²) in [5.74, 6) is 0.826. The number of nitrogens with two attached hydrogens (primary N) is 2. The van der Waals surface area contributed by atoms with Gasteiger partial charge in [-0.3, -0.25) is 9.98 Å². The minimum Gasteiger partial charge on any atom is -0.404 e. The standard InChI is InChI=1S/C18H21N5/c1-13-6-5-7-14(10-13)11-15(12-19)17(20)23-18(21-2)16-8-3-4-9-22-16/h3-10,12H,11,19H2,1-2H3,(H2,20,21,23)/b15-12+. The maximum Gasteiger partial charge on any atom is 0.175 e. The van der Waals surface area contributed by atoms with Crippen LogP contribution in [0, 0.1) is 6.92 Å². The van der Waals surface area contributed by atoms with E-state index in [1.54, 1.807) is 13.2 Å². The molecule has 4 N–H and O–H groups in total. The molecule has 0 aliphatic rings. The van der Waals surface area contributed by atoms with Crippen molar-refractivity contribution in [2.24, 2.45) is 21.5 Å². The van der Waals surface area contributed by atoms with E-state index in [0.29, 0.717) is 23.8 Å². The summed E-state index contributed by atoms with van der Waals surface area (Å²) >= 11 is 0. The van der Waals surface area contributed by atoms with Gasteiger partial charge in [0.1, 0.15) is 11.5 Å². The Balaban J connectivity index is 2.24. The first-order valence-electron chi connectivity index (χ1n) is 7.33. The number of hydrogen-bond donors (Lipinski definition) is 2. The SMILES string of the molecule is CN=C(N=C(N)/C(=C/N)Cc1cccc(C)c1)c1ccccn1. The molecule has 23 heavy (non-hydrogen) atoms. The Morgan fingerprint density at radius 2 is 2.04 bits per heavy atom. The molecule has 118 valence electrons. The van der Waals surface area contributed by atoms with Gasteiger partial charge in [-0.2, -0.15) is 0 Å². The molecule has 0 atom stereocenters. The van der Waals surface area contributed by atoms with Crippen LogP contribution in [-0.2, 0) is 6.42 Å². The van der Waals surface area contributed by atoms with Crippen molar-refractivity contribution < 1.29 is 0 Å². The van der Waals surface area contributed by atoms with Crippen LogP contribution in [0.1, 0.15) is 16.8 Å². The van der Waals surface area contributed by atoms with E-state index in [2.05, 4.69) is 34.0 Å². The Morgan fingerprint density at radius 1 is 1.22 bits per heavy atom. The van der Waals surface area contributed by atoms with E-state index in [9.17, 15) is 0 Å². The molecule has 1 heterocycles. The molecule has 5 heteroatoms. The van der Waals surface area contributed by atoms with Gasteiger partial charge in [-0.1, -0.05) is 35.9 Å². The van der Waals surface area contributed by atoms with E-state index in [1.165, 1.54) is 11.8 Å². The highest BCUT2D eigenvalue weighted by molar-refractivity contribution is 6.10. The second-order valence-electron chi connectivity index (χ2n) is 5.12. The summed E-state index contributed by atoms with van der Waals surface area (Å²) in [6.07, 6.45) is 3.80. The first-order chi connectivity index (χ1) is 11.1. The van der Waals surface area contributed by atoms with E-state index in [1.807, 2.05) is 30.3 Å². The van der Waals surface area contributed by atoms with Gasteiger partial charge in [0.15, 0.2) is 5.84 Å². The van der Waals surface area contributed by atoms with Crippen molar-refractivity contribution in [3.05, 3.63) is 77.3 Å². The summed E-state index contributed by atoms with van der Waals surface area (Å²) in [6, 6.07) is 13.8. The average Bonchev–Trinajstić information content (AvgIpc) is 2.58. The minimum atomic E-state index is 0.347. The number of hydrogen-bond acceptors (Lipinski definition) is 3. The number of aromatic nitrogens is 1. The fraction of sp³-hybridized carbons (Fsp3) is 0.167.